The van der Waals surface area contributed by atoms with Crippen LogP contribution in [-0.4, -0.2) is 75.1 Å². The molecule has 0 spiro atoms. The van der Waals surface area contributed by atoms with E-state index >= 15 is 0 Å². The van der Waals surface area contributed by atoms with Gasteiger partial charge in [-0.2, -0.15) is 0 Å². The Balaban J connectivity index is 2.29. The normalized spacial score (nSPS) is 16.3. The average molecular weight is 229 g/mol. The second-order valence-electron chi connectivity index (χ2n) is 3.88. The summed E-state index contributed by atoms with van der Waals surface area (Å²) in [6.45, 7) is 3.57. The van der Waals surface area contributed by atoms with E-state index in [1.165, 1.54) is 7.11 Å². The molecule has 0 aromatic heterocycles. The molecule has 1 N–H and O–H groups in total. The Morgan fingerprint density at radius 1 is 1.31 bits per heavy atom. The summed E-state index contributed by atoms with van der Waals surface area (Å²) in [5, 5.41) is 3.18. The Kier molecular flexibility index (Phi) is 5.21. The summed E-state index contributed by atoms with van der Waals surface area (Å²) < 4.78 is 4.53. The maximum atomic E-state index is 11.8. The van der Waals surface area contributed by atoms with Crippen LogP contribution < -0.4 is 5.32 Å². The van der Waals surface area contributed by atoms with E-state index in [-0.39, 0.29) is 25.0 Å². The fourth-order valence-electron chi connectivity index (χ4n) is 1.59. The molecule has 1 saturated heterocycles. The molecule has 92 valence electrons. The van der Waals surface area contributed by atoms with Crippen molar-refractivity contribution in [2.24, 2.45) is 0 Å². The van der Waals surface area contributed by atoms with Crippen molar-refractivity contribution in [1.29, 1.82) is 0 Å². The highest BCUT2D eigenvalue weighted by Gasteiger charge is 2.18. The third kappa shape index (κ3) is 4.16. The fourth-order valence-corrected chi connectivity index (χ4v) is 1.59. The van der Waals surface area contributed by atoms with Crippen molar-refractivity contribution in [2.75, 3.05) is 53.4 Å². The number of hydrogen-bond acceptors (Lipinski definition) is 5. The lowest BCUT2D eigenvalue weighted by Gasteiger charge is -2.29. The van der Waals surface area contributed by atoms with Crippen molar-refractivity contribution in [3.8, 4) is 0 Å². The zero-order valence-corrected chi connectivity index (χ0v) is 9.86. The molecular formula is C10H19N3O3. The molecule has 1 fully saturated rings. The van der Waals surface area contributed by atoms with Crippen molar-refractivity contribution in [3.63, 3.8) is 0 Å². The highest BCUT2D eigenvalue weighted by atomic mass is 16.5. The summed E-state index contributed by atoms with van der Waals surface area (Å²) in [4.78, 5) is 26.2. The fraction of sp³-hybridized carbons (Fsp3) is 0.800. The Morgan fingerprint density at radius 3 is 2.50 bits per heavy atom. The van der Waals surface area contributed by atoms with Crippen LogP contribution in [0, 0.1) is 0 Å². The van der Waals surface area contributed by atoms with Gasteiger partial charge in [0, 0.05) is 26.2 Å². The maximum absolute atomic E-state index is 11.8. The number of esters is 1. The first-order valence-electron chi connectivity index (χ1n) is 5.37. The minimum atomic E-state index is -0.324. The molecule has 1 aliphatic heterocycles. The minimum absolute atomic E-state index is 0.0629. The quantitative estimate of drug-likeness (QED) is 0.596. The number of rotatable bonds is 4. The summed E-state index contributed by atoms with van der Waals surface area (Å²) in [7, 11) is 3.07. The number of methoxy groups -OCH3 is 1. The molecule has 16 heavy (non-hydrogen) atoms. The number of carbonyl (C=O) groups is 2. The molecule has 0 radical (unpaired) electrons. The summed E-state index contributed by atoms with van der Waals surface area (Å²) in [6, 6.07) is 0. The first-order valence-corrected chi connectivity index (χ1v) is 5.37. The van der Waals surface area contributed by atoms with Crippen LogP contribution >= 0.6 is 0 Å². The molecule has 1 aliphatic rings. The van der Waals surface area contributed by atoms with E-state index in [0.717, 1.165) is 26.2 Å². The number of carbonyl (C=O) groups excluding carboxylic acids is 2. The van der Waals surface area contributed by atoms with Gasteiger partial charge in [-0.15, -0.1) is 0 Å². The zero-order chi connectivity index (χ0) is 12.0. The zero-order valence-electron chi connectivity index (χ0n) is 9.86. The van der Waals surface area contributed by atoms with Crippen molar-refractivity contribution in [2.45, 2.75) is 0 Å². The van der Waals surface area contributed by atoms with Gasteiger partial charge in [-0.3, -0.25) is 14.5 Å². The molecule has 1 heterocycles. The van der Waals surface area contributed by atoms with Crippen molar-refractivity contribution in [1.82, 2.24) is 15.1 Å². The van der Waals surface area contributed by atoms with Crippen LogP contribution in [-0.2, 0) is 14.3 Å². The highest BCUT2D eigenvalue weighted by molar-refractivity contribution is 5.79. The van der Waals surface area contributed by atoms with Gasteiger partial charge in [-0.25, -0.2) is 0 Å². The van der Waals surface area contributed by atoms with Gasteiger partial charge in [-0.05, 0) is 7.05 Å². The number of hydrogen-bond donors (Lipinski definition) is 1. The number of ether oxygens (including phenoxy) is 1. The van der Waals surface area contributed by atoms with Crippen LogP contribution in [0.15, 0.2) is 0 Å². The molecule has 1 rings (SSSR count). The van der Waals surface area contributed by atoms with Gasteiger partial charge in [0.15, 0.2) is 0 Å². The second kappa shape index (κ2) is 6.44. The molecule has 0 unspecified atom stereocenters. The standard InChI is InChI=1S/C10H19N3O3/c1-12(8-10(15)16-2)7-9(14)13-5-3-11-4-6-13/h11H,3-8H2,1-2H3. The van der Waals surface area contributed by atoms with E-state index in [4.69, 9.17) is 0 Å². The molecule has 1 amide bonds. The second-order valence-corrected chi connectivity index (χ2v) is 3.88. The third-order valence-electron chi connectivity index (χ3n) is 2.50. The third-order valence-corrected chi connectivity index (χ3v) is 2.50. The number of piperazine rings is 1. The summed E-state index contributed by atoms with van der Waals surface area (Å²) in [5.41, 5.74) is 0. The Hall–Kier alpha value is -1.14. The van der Waals surface area contributed by atoms with Gasteiger partial charge in [0.05, 0.1) is 20.2 Å². The van der Waals surface area contributed by atoms with Crippen LogP contribution in [0.25, 0.3) is 0 Å². The van der Waals surface area contributed by atoms with E-state index in [0.29, 0.717) is 0 Å². The van der Waals surface area contributed by atoms with Crippen LogP contribution in [0.4, 0.5) is 0 Å². The smallest absolute Gasteiger partial charge is 0.319 e. The van der Waals surface area contributed by atoms with Gasteiger partial charge >= 0.3 is 5.97 Å². The predicted molar refractivity (Wildman–Crippen MR) is 59.0 cm³/mol. The van der Waals surface area contributed by atoms with Gasteiger partial charge in [0.2, 0.25) is 5.91 Å². The summed E-state index contributed by atoms with van der Waals surface area (Å²) in [5.74, 6) is -0.261. The molecular weight excluding hydrogens is 210 g/mol. The Morgan fingerprint density at radius 2 is 1.94 bits per heavy atom. The largest absolute Gasteiger partial charge is 0.468 e. The molecule has 0 bridgehead atoms. The Bertz CT molecular complexity index is 252. The Labute approximate surface area is 95.5 Å². The summed E-state index contributed by atoms with van der Waals surface area (Å²) >= 11 is 0. The van der Waals surface area contributed by atoms with E-state index in [9.17, 15) is 9.59 Å². The first kappa shape index (κ1) is 12.9. The monoisotopic (exact) mass is 229 g/mol. The van der Waals surface area contributed by atoms with Crippen LogP contribution in [0.1, 0.15) is 0 Å². The number of nitrogens with zero attached hydrogens (tertiary/aromatic N) is 2. The number of likely N-dealkylation sites (N-methyl/N-ethyl adjacent to an activating group) is 1. The van der Waals surface area contributed by atoms with Crippen LogP contribution in [0.2, 0.25) is 0 Å². The van der Waals surface area contributed by atoms with E-state index in [1.807, 2.05) is 4.90 Å². The van der Waals surface area contributed by atoms with Gasteiger partial charge in [0.1, 0.15) is 0 Å². The van der Waals surface area contributed by atoms with Crippen molar-refractivity contribution >= 4 is 11.9 Å². The molecule has 0 saturated carbocycles. The molecule has 0 aromatic carbocycles. The lowest BCUT2D eigenvalue weighted by Crippen LogP contribution is -2.49. The van der Waals surface area contributed by atoms with E-state index in [1.54, 1.807) is 11.9 Å². The van der Waals surface area contributed by atoms with E-state index < -0.39 is 0 Å². The molecule has 6 heteroatoms. The number of nitrogens with one attached hydrogen (secondary N) is 1. The lowest BCUT2D eigenvalue weighted by molar-refractivity contribution is -0.142. The number of amides is 1. The van der Waals surface area contributed by atoms with Crippen LogP contribution in [0.5, 0.6) is 0 Å². The summed E-state index contributed by atoms with van der Waals surface area (Å²) in [6.07, 6.45) is 0. The molecule has 6 nitrogen and oxygen atoms in total. The molecule has 0 atom stereocenters. The van der Waals surface area contributed by atoms with Crippen molar-refractivity contribution < 1.29 is 14.3 Å². The molecule has 0 aliphatic carbocycles. The highest BCUT2D eigenvalue weighted by Crippen LogP contribution is 1.95. The van der Waals surface area contributed by atoms with Crippen LogP contribution in [0.3, 0.4) is 0 Å². The SMILES string of the molecule is COC(=O)CN(C)CC(=O)N1CCNCC1. The van der Waals surface area contributed by atoms with E-state index in [2.05, 4.69) is 10.1 Å². The van der Waals surface area contributed by atoms with Gasteiger partial charge in [-0.1, -0.05) is 0 Å². The molecule has 0 aromatic rings. The van der Waals surface area contributed by atoms with Crippen molar-refractivity contribution in [3.05, 3.63) is 0 Å². The lowest BCUT2D eigenvalue weighted by atomic mass is 10.3. The maximum Gasteiger partial charge on any atom is 0.319 e. The minimum Gasteiger partial charge on any atom is -0.468 e. The average Bonchev–Trinajstić information content (AvgIpc) is 2.29. The first-order chi connectivity index (χ1) is 7.63. The topological polar surface area (TPSA) is 61.9 Å². The predicted octanol–water partition coefficient (Wildman–Crippen LogP) is -1.48. The van der Waals surface area contributed by atoms with Gasteiger partial charge < -0.3 is 15.0 Å². The van der Waals surface area contributed by atoms with Gasteiger partial charge in [0.25, 0.3) is 0 Å².